The molecule has 3 saturated heterocycles. The molecule has 3 aliphatic heterocycles. The van der Waals surface area contributed by atoms with Gasteiger partial charge in [0, 0.05) is 18.2 Å². The highest BCUT2D eigenvalue weighted by molar-refractivity contribution is 9.09. The summed E-state index contributed by atoms with van der Waals surface area (Å²) in [5.74, 6) is 1.02. The van der Waals surface area contributed by atoms with E-state index < -0.39 is 5.79 Å². The molecular formula is C24H41BrO4. The van der Waals surface area contributed by atoms with Gasteiger partial charge in [-0.05, 0) is 50.0 Å². The van der Waals surface area contributed by atoms with Crippen LogP contribution < -0.4 is 0 Å². The van der Waals surface area contributed by atoms with Gasteiger partial charge in [0.15, 0.2) is 5.79 Å². The minimum absolute atomic E-state index is 0.114. The summed E-state index contributed by atoms with van der Waals surface area (Å²) in [5, 5.41) is 0.955. The van der Waals surface area contributed by atoms with E-state index in [-0.39, 0.29) is 24.4 Å². The molecule has 0 spiro atoms. The highest BCUT2D eigenvalue weighted by atomic mass is 79.9. The number of rotatable bonds is 8. The summed E-state index contributed by atoms with van der Waals surface area (Å²) in [4.78, 5) is 0. The van der Waals surface area contributed by atoms with E-state index in [1.807, 2.05) is 13.8 Å². The Hall–Kier alpha value is 0.0600. The molecule has 8 atom stereocenters. The molecule has 0 aromatic rings. The fourth-order valence-electron chi connectivity index (χ4n) is 5.22. The van der Waals surface area contributed by atoms with Crippen molar-refractivity contribution in [1.82, 2.24) is 0 Å². The fourth-order valence-corrected chi connectivity index (χ4v) is 6.22. The minimum Gasteiger partial charge on any atom is -0.374 e. The molecule has 4 nitrogen and oxygen atoms in total. The van der Waals surface area contributed by atoms with Crippen LogP contribution in [0.5, 0.6) is 0 Å². The Kier molecular flexibility index (Phi) is 8.28. The lowest BCUT2D eigenvalue weighted by Crippen LogP contribution is -2.37. The van der Waals surface area contributed by atoms with Crippen LogP contribution in [0.4, 0.5) is 0 Å². The fraction of sp³-hybridized carbons (Fsp3) is 0.917. The average Bonchev–Trinajstić information content (AvgIpc) is 3.15. The van der Waals surface area contributed by atoms with Crippen LogP contribution in [0.2, 0.25) is 0 Å². The zero-order valence-electron chi connectivity index (χ0n) is 19.0. The maximum absolute atomic E-state index is 6.62. The predicted octanol–water partition coefficient (Wildman–Crippen LogP) is 5.87. The van der Waals surface area contributed by atoms with Crippen LogP contribution in [0.3, 0.4) is 0 Å². The van der Waals surface area contributed by atoms with Crippen LogP contribution in [0.15, 0.2) is 12.2 Å². The van der Waals surface area contributed by atoms with Gasteiger partial charge < -0.3 is 18.9 Å². The monoisotopic (exact) mass is 472 g/mol. The molecule has 2 unspecified atom stereocenters. The van der Waals surface area contributed by atoms with Crippen molar-refractivity contribution in [2.75, 3.05) is 11.9 Å². The Morgan fingerprint density at radius 3 is 2.48 bits per heavy atom. The summed E-state index contributed by atoms with van der Waals surface area (Å²) >= 11 is 3.75. The molecule has 29 heavy (non-hydrogen) atoms. The lowest BCUT2D eigenvalue weighted by Gasteiger charge is -2.38. The van der Waals surface area contributed by atoms with Crippen LogP contribution >= 0.6 is 15.9 Å². The van der Waals surface area contributed by atoms with Crippen molar-refractivity contribution in [3.63, 3.8) is 0 Å². The van der Waals surface area contributed by atoms with Crippen molar-refractivity contribution in [1.29, 1.82) is 0 Å². The number of unbranched alkanes of at least 4 members (excludes halogenated alkanes) is 1. The van der Waals surface area contributed by atoms with Gasteiger partial charge in [0.25, 0.3) is 0 Å². The van der Waals surface area contributed by atoms with Crippen molar-refractivity contribution in [3.8, 4) is 0 Å². The van der Waals surface area contributed by atoms with E-state index in [2.05, 4.69) is 43.3 Å². The molecule has 3 heterocycles. The number of halogens is 1. The predicted molar refractivity (Wildman–Crippen MR) is 120 cm³/mol. The lowest BCUT2D eigenvalue weighted by atomic mass is 9.82. The molecule has 0 saturated carbocycles. The number of hydrogen-bond donors (Lipinski definition) is 0. The molecule has 168 valence electrons. The smallest absolute Gasteiger partial charge is 0.163 e. The SMILES string of the molecule is C=C1C(C[C@@H]2OC(C[C@H]3COC(C)(C)O3)[C@H](C)[C@H]2CBr)O[C@@H](CCCC)C[C@H]1C. The molecule has 3 rings (SSSR count). The number of alkyl halides is 1. The van der Waals surface area contributed by atoms with E-state index >= 15 is 0 Å². The third-order valence-electron chi connectivity index (χ3n) is 7.18. The Morgan fingerprint density at radius 2 is 1.86 bits per heavy atom. The van der Waals surface area contributed by atoms with E-state index in [1.54, 1.807) is 0 Å². The molecule has 0 aromatic heterocycles. The molecule has 0 aliphatic carbocycles. The molecule has 0 bridgehead atoms. The van der Waals surface area contributed by atoms with Gasteiger partial charge >= 0.3 is 0 Å². The second-order valence-electron chi connectivity index (χ2n) is 9.91. The molecule has 0 amide bonds. The first kappa shape index (κ1) is 23.7. The van der Waals surface area contributed by atoms with E-state index in [1.165, 1.54) is 18.4 Å². The van der Waals surface area contributed by atoms with E-state index in [9.17, 15) is 0 Å². The summed E-state index contributed by atoms with van der Waals surface area (Å²) in [6, 6.07) is 0. The molecule has 0 radical (unpaired) electrons. The number of hydrogen-bond acceptors (Lipinski definition) is 4. The average molecular weight is 473 g/mol. The molecule has 3 aliphatic rings. The van der Waals surface area contributed by atoms with Crippen molar-refractivity contribution in [2.24, 2.45) is 17.8 Å². The van der Waals surface area contributed by atoms with Gasteiger partial charge in [0.05, 0.1) is 37.1 Å². The van der Waals surface area contributed by atoms with Gasteiger partial charge in [-0.25, -0.2) is 0 Å². The van der Waals surface area contributed by atoms with Crippen molar-refractivity contribution in [2.45, 2.75) is 109 Å². The standard InChI is InChI=1S/C24H41BrO4/c1-7-8-9-18-10-15(2)16(3)22(27-18)12-23-20(13-25)17(4)21(28-23)11-19-14-26-24(5,6)29-19/h15,17-23H,3,7-14H2,1-2,4-6H3/t15-,17-,18+,19+,20-,21?,22?,23+/m1/s1. The molecular weight excluding hydrogens is 432 g/mol. The highest BCUT2D eigenvalue weighted by Crippen LogP contribution is 2.42. The molecule has 0 N–H and O–H groups in total. The zero-order valence-corrected chi connectivity index (χ0v) is 20.6. The maximum atomic E-state index is 6.62. The highest BCUT2D eigenvalue weighted by Gasteiger charge is 2.45. The summed E-state index contributed by atoms with van der Waals surface area (Å²) in [7, 11) is 0. The quantitative estimate of drug-likeness (QED) is 0.326. The minimum atomic E-state index is -0.474. The van der Waals surface area contributed by atoms with Gasteiger partial charge in [-0.3, -0.25) is 0 Å². The van der Waals surface area contributed by atoms with Crippen LogP contribution in [-0.2, 0) is 18.9 Å². The molecule has 0 aromatic carbocycles. The molecule has 3 fully saturated rings. The van der Waals surface area contributed by atoms with E-state index in [0.29, 0.717) is 30.5 Å². The lowest BCUT2D eigenvalue weighted by molar-refractivity contribution is -0.143. The Morgan fingerprint density at radius 1 is 1.10 bits per heavy atom. The first-order chi connectivity index (χ1) is 13.7. The Balaban J connectivity index is 1.60. The summed E-state index contributed by atoms with van der Waals surface area (Å²) in [5.41, 5.74) is 1.25. The summed E-state index contributed by atoms with van der Waals surface area (Å²) < 4.78 is 24.9. The third kappa shape index (κ3) is 5.85. The van der Waals surface area contributed by atoms with Gasteiger partial charge in [-0.2, -0.15) is 0 Å². The summed E-state index contributed by atoms with van der Waals surface area (Å²) in [6.45, 7) is 15.9. The van der Waals surface area contributed by atoms with Crippen LogP contribution in [0.1, 0.15) is 73.1 Å². The molecule has 5 heteroatoms. The van der Waals surface area contributed by atoms with Gasteiger partial charge in [0.1, 0.15) is 0 Å². The largest absolute Gasteiger partial charge is 0.374 e. The zero-order chi connectivity index (χ0) is 21.2. The van der Waals surface area contributed by atoms with E-state index in [4.69, 9.17) is 18.9 Å². The van der Waals surface area contributed by atoms with Gasteiger partial charge in [-0.15, -0.1) is 0 Å². The first-order valence-electron chi connectivity index (χ1n) is 11.6. The second-order valence-corrected chi connectivity index (χ2v) is 10.6. The van der Waals surface area contributed by atoms with Crippen LogP contribution in [0.25, 0.3) is 0 Å². The maximum Gasteiger partial charge on any atom is 0.163 e. The second kappa shape index (κ2) is 10.1. The third-order valence-corrected chi connectivity index (χ3v) is 7.92. The topological polar surface area (TPSA) is 36.9 Å². The van der Waals surface area contributed by atoms with Gasteiger partial charge in [-0.1, -0.05) is 56.1 Å². The van der Waals surface area contributed by atoms with E-state index in [0.717, 1.165) is 31.0 Å². The normalized spacial score (nSPS) is 42.5. The van der Waals surface area contributed by atoms with Gasteiger partial charge in [0.2, 0.25) is 0 Å². The van der Waals surface area contributed by atoms with Crippen molar-refractivity contribution >= 4 is 15.9 Å². The van der Waals surface area contributed by atoms with Crippen LogP contribution in [-0.4, -0.2) is 48.2 Å². The van der Waals surface area contributed by atoms with Crippen LogP contribution in [0, 0.1) is 17.8 Å². The Labute approximate surface area is 186 Å². The van der Waals surface area contributed by atoms with Crippen molar-refractivity contribution in [3.05, 3.63) is 12.2 Å². The summed E-state index contributed by atoms with van der Waals surface area (Å²) in [6.07, 6.45) is 7.53. The number of ether oxygens (including phenoxy) is 4. The first-order valence-corrected chi connectivity index (χ1v) is 12.7. The van der Waals surface area contributed by atoms with Crippen molar-refractivity contribution < 1.29 is 18.9 Å². The Bertz CT molecular complexity index is 551.